The molecule has 0 saturated carbocycles. The van der Waals surface area contributed by atoms with Crippen LogP contribution in [0.15, 0.2) is 69.6 Å². The molecule has 3 aromatic carbocycles. The van der Waals surface area contributed by atoms with Gasteiger partial charge in [-0.2, -0.15) is 0 Å². The number of phenolic OH excluding ortho intramolecular Hbond substituents is 1. The Morgan fingerprint density at radius 2 is 1.93 bits per heavy atom. The van der Waals surface area contributed by atoms with Crippen LogP contribution < -0.4 is 10.1 Å². The molecule has 7 heteroatoms. The van der Waals surface area contributed by atoms with E-state index in [9.17, 15) is 9.90 Å². The van der Waals surface area contributed by atoms with Gasteiger partial charge in [0, 0.05) is 16.2 Å². The van der Waals surface area contributed by atoms with Gasteiger partial charge >= 0.3 is 0 Å². The minimum absolute atomic E-state index is 0.0418. The van der Waals surface area contributed by atoms with Crippen LogP contribution in [0.25, 0.3) is 22.6 Å². The molecule has 1 amide bonds. The van der Waals surface area contributed by atoms with E-state index in [4.69, 9.17) is 9.15 Å². The van der Waals surface area contributed by atoms with Gasteiger partial charge in [0.05, 0.1) is 5.56 Å². The van der Waals surface area contributed by atoms with E-state index in [1.807, 2.05) is 37.3 Å². The van der Waals surface area contributed by atoms with Crippen LogP contribution in [0.3, 0.4) is 0 Å². The number of anilines is 1. The second-order valence-electron chi connectivity index (χ2n) is 6.51. The number of hydrogen-bond donors (Lipinski definition) is 2. The first-order valence-electron chi connectivity index (χ1n) is 8.87. The van der Waals surface area contributed by atoms with Crippen molar-refractivity contribution in [3.63, 3.8) is 0 Å². The number of fused-ring (bicyclic) bond motifs is 1. The number of carbonyl (C=O) groups excluding carboxylic acids is 1. The number of aromatic nitrogens is 1. The number of aromatic hydroxyl groups is 1. The van der Waals surface area contributed by atoms with E-state index < -0.39 is 0 Å². The zero-order chi connectivity index (χ0) is 20.4. The number of aryl methyl sites for hydroxylation is 1. The second kappa shape index (κ2) is 7.97. The van der Waals surface area contributed by atoms with E-state index >= 15 is 0 Å². The van der Waals surface area contributed by atoms with Crippen molar-refractivity contribution in [2.45, 2.75) is 6.92 Å². The van der Waals surface area contributed by atoms with Crippen molar-refractivity contribution in [2.24, 2.45) is 0 Å². The summed E-state index contributed by atoms with van der Waals surface area (Å²) in [6.45, 7) is 1.83. The van der Waals surface area contributed by atoms with Crippen molar-refractivity contribution in [3.05, 3.63) is 70.7 Å². The lowest BCUT2D eigenvalue weighted by atomic mass is 10.2. The highest BCUT2D eigenvalue weighted by Crippen LogP contribution is 2.33. The topological polar surface area (TPSA) is 84.6 Å². The molecule has 1 heterocycles. The van der Waals surface area contributed by atoms with Crippen LogP contribution in [0.1, 0.15) is 5.56 Å². The maximum atomic E-state index is 12.1. The van der Waals surface area contributed by atoms with E-state index in [0.29, 0.717) is 28.5 Å². The molecule has 146 valence electrons. The van der Waals surface area contributed by atoms with Gasteiger partial charge in [-0.25, -0.2) is 4.98 Å². The monoisotopic (exact) mass is 452 g/mol. The van der Waals surface area contributed by atoms with Crippen LogP contribution in [0.4, 0.5) is 5.69 Å². The van der Waals surface area contributed by atoms with Gasteiger partial charge in [0.15, 0.2) is 12.2 Å². The average molecular weight is 453 g/mol. The highest BCUT2D eigenvalue weighted by Gasteiger charge is 2.14. The van der Waals surface area contributed by atoms with E-state index in [2.05, 4.69) is 26.2 Å². The first-order valence-corrected chi connectivity index (χ1v) is 9.66. The molecule has 4 aromatic rings. The number of hydrogen-bond acceptors (Lipinski definition) is 5. The molecule has 0 aliphatic rings. The van der Waals surface area contributed by atoms with Gasteiger partial charge in [0.25, 0.3) is 5.91 Å². The maximum absolute atomic E-state index is 12.1. The van der Waals surface area contributed by atoms with Crippen molar-refractivity contribution >= 4 is 38.6 Å². The number of nitrogens with one attached hydrogen (secondary N) is 1. The standard InChI is InChI=1S/C22H17BrN2O4/c1-13-2-9-20-18(10-13)25-22(29-20)17-8-5-15(11-19(17)26)24-21(27)12-28-16-6-3-14(23)4-7-16/h2-11,26H,12H2,1H3,(H,24,27). The molecule has 6 nitrogen and oxygen atoms in total. The molecule has 0 atom stereocenters. The van der Waals surface area contributed by atoms with Crippen LogP contribution >= 0.6 is 15.9 Å². The Morgan fingerprint density at radius 3 is 2.69 bits per heavy atom. The normalized spacial score (nSPS) is 10.8. The summed E-state index contributed by atoms with van der Waals surface area (Å²) in [6.07, 6.45) is 0. The summed E-state index contributed by atoms with van der Waals surface area (Å²) >= 11 is 3.34. The summed E-state index contributed by atoms with van der Waals surface area (Å²) in [5.41, 5.74) is 3.34. The van der Waals surface area contributed by atoms with Crippen LogP contribution in [-0.4, -0.2) is 22.6 Å². The largest absolute Gasteiger partial charge is 0.507 e. The van der Waals surface area contributed by atoms with Crippen molar-refractivity contribution in [2.75, 3.05) is 11.9 Å². The second-order valence-corrected chi connectivity index (χ2v) is 7.43. The quantitative estimate of drug-likeness (QED) is 0.429. The highest BCUT2D eigenvalue weighted by molar-refractivity contribution is 9.10. The average Bonchev–Trinajstić information content (AvgIpc) is 3.10. The molecule has 4 rings (SSSR count). The third-order valence-corrected chi connectivity index (χ3v) is 4.77. The lowest BCUT2D eigenvalue weighted by molar-refractivity contribution is -0.118. The molecule has 2 N–H and O–H groups in total. The molecule has 0 fully saturated rings. The fourth-order valence-corrected chi connectivity index (χ4v) is 3.08. The summed E-state index contributed by atoms with van der Waals surface area (Å²) in [6, 6.07) is 17.7. The van der Waals surface area contributed by atoms with Gasteiger partial charge < -0.3 is 19.6 Å². The summed E-state index contributed by atoms with van der Waals surface area (Å²) in [4.78, 5) is 16.5. The molecule has 0 spiro atoms. The van der Waals surface area contributed by atoms with Crippen LogP contribution in [-0.2, 0) is 4.79 Å². The van der Waals surface area contributed by atoms with Gasteiger partial charge in [-0.05, 0) is 61.0 Å². The third-order valence-electron chi connectivity index (χ3n) is 4.24. The molecule has 0 unspecified atom stereocenters. The smallest absolute Gasteiger partial charge is 0.262 e. The maximum Gasteiger partial charge on any atom is 0.262 e. The summed E-state index contributed by atoms with van der Waals surface area (Å²) in [7, 11) is 0. The highest BCUT2D eigenvalue weighted by atomic mass is 79.9. The van der Waals surface area contributed by atoms with E-state index in [-0.39, 0.29) is 18.3 Å². The van der Waals surface area contributed by atoms with Gasteiger partial charge in [-0.15, -0.1) is 0 Å². The number of halogens is 1. The summed E-state index contributed by atoms with van der Waals surface area (Å²) in [5.74, 6) is 0.532. The predicted octanol–water partition coefficient (Wildman–Crippen LogP) is 5.29. The molecule has 29 heavy (non-hydrogen) atoms. The van der Waals surface area contributed by atoms with Crippen LogP contribution in [0, 0.1) is 6.92 Å². The number of amides is 1. The Hall–Kier alpha value is -3.32. The first kappa shape index (κ1) is 19.0. The molecule has 0 radical (unpaired) electrons. The lowest BCUT2D eigenvalue weighted by Gasteiger charge is -2.09. The molecular formula is C22H17BrN2O4. The first-order chi connectivity index (χ1) is 14.0. The summed E-state index contributed by atoms with van der Waals surface area (Å²) < 4.78 is 12.1. The number of ether oxygens (including phenoxy) is 1. The summed E-state index contributed by atoms with van der Waals surface area (Å²) in [5, 5.41) is 13.1. The number of oxazole rings is 1. The minimum atomic E-state index is -0.336. The van der Waals surface area contributed by atoms with Gasteiger partial charge in [-0.1, -0.05) is 22.0 Å². The molecule has 0 bridgehead atoms. The van der Waals surface area contributed by atoms with E-state index in [0.717, 1.165) is 15.6 Å². The lowest BCUT2D eigenvalue weighted by Crippen LogP contribution is -2.20. The van der Waals surface area contributed by atoms with Crippen molar-refractivity contribution < 1.29 is 19.1 Å². The predicted molar refractivity (Wildman–Crippen MR) is 114 cm³/mol. The Morgan fingerprint density at radius 1 is 1.14 bits per heavy atom. The fourth-order valence-electron chi connectivity index (χ4n) is 2.82. The van der Waals surface area contributed by atoms with Crippen molar-refractivity contribution in [3.8, 4) is 23.0 Å². The third kappa shape index (κ3) is 4.41. The Bertz CT molecular complexity index is 1190. The van der Waals surface area contributed by atoms with Crippen molar-refractivity contribution in [1.82, 2.24) is 4.98 Å². The molecule has 0 aliphatic heterocycles. The molecule has 0 aliphatic carbocycles. The van der Waals surface area contributed by atoms with Gasteiger partial charge in [0.1, 0.15) is 17.0 Å². The number of rotatable bonds is 5. The molecule has 0 saturated heterocycles. The SMILES string of the molecule is Cc1ccc2oc(-c3ccc(NC(=O)COc4ccc(Br)cc4)cc3O)nc2c1. The zero-order valence-electron chi connectivity index (χ0n) is 15.5. The van der Waals surface area contributed by atoms with E-state index in [1.54, 1.807) is 24.3 Å². The molecule has 1 aromatic heterocycles. The van der Waals surface area contributed by atoms with Gasteiger partial charge in [0.2, 0.25) is 5.89 Å². The van der Waals surface area contributed by atoms with E-state index in [1.165, 1.54) is 6.07 Å². The number of nitrogens with zero attached hydrogens (tertiary/aromatic N) is 1. The van der Waals surface area contributed by atoms with Crippen LogP contribution in [0.5, 0.6) is 11.5 Å². The Balaban J connectivity index is 1.44. The zero-order valence-corrected chi connectivity index (χ0v) is 17.1. The number of carbonyl (C=O) groups is 1. The Labute approximate surface area is 175 Å². The fraction of sp³-hybridized carbons (Fsp3) is 0.0909. The van der Waals surface area contributed by atoms with Gasteiger partial charge in [-0.3, -0.25) is 4.79 Å². The molecular weight excluding hydrogens is 436 g/mol. The minimum Gasteiger partial charge on any atom is -0.507 e. The number of benzene rings is 3. The number of phenols is 1. The Kier molecular flexibility index (Phi) is 5.22. The van der Waals surface area contributed by atoms with Crippen molar-refractivity contribution in [1.29, 1.82) is 0 Å². The van der Waals surface area contributed by atoms with Crippen LogP contribution in [0.2, 0.25) is 0 Å².